The summed E-state index contributed by atoms with van der Waals surface area (Å²) in [4.78, 5) is 17.6. The lowest BCUT2D eigenvalue weighted by atomic mass is 10.1. The van der Waals surface area contributed by atoms with Crippen LogP contribution in [-0.2, 0) is 0 Å². The van der Waals surface area contributed by atoms with Gasteiger partial charge in [0.15, 0.2) is 5.13 Å². The molecule has 1 heterocycles. The van der Waals surface area contributed by atoms with Gasteiger partial charge in [-0.25, -0.2) is 4.98 Å². The fraction of sp³-hybridized carbons (Fsp3) is 0.158. The van der Waals surface area contributed by atoms with Crippen LogP contribution in [0, 0.1) is 20.8 Å². The molecule has 0 aliphatic carbocycles. The summed E-state index contributed by atoms with van der Waals surface area (Å²) in [7, 11) is 0. The second-order valence-corrected chi connectivity index (χ2v) is 6.70. The number of benzene rings is 2. The Morgan fingerprint density at radius 1 is 1.00 bits per heavy atom. The van der Waals surface area contributed by atoms with Gasteiger partial charge in [-0.15, -0.1) is 0 Å². The molecule has 0 fully saturated rings. The number of hydrogen-bond acceptors (Lipinski definition) is 3. The van der Waals surface area contributed by atoms with Crippen LogP contribution in [0.2, 0.25) is 0 Å². The molecular formula is C19H18N2OS. The van der Waals surface area contributed by atoms with Gasteiger partial charge in [0.05, 0.1) is 4.88 Å². The summed E-state index contributed by atoms with van der Waals surface area (Å²) in [5.74, 6) is -0.133. The van der Waals surface area contributed by atoms with E-state index in [4.69, 9.17) is 0 Å². The third kappa shape index (κ3) is 3.48. The van der Waals surface area contributed by atoms with Gasteiger partial charge in [0.2, 0.25) is 0 Å². The lowest BCUT2D eigenvalue weighted by Crippen LogP contribution is -2.11. The van der Waals surface area contributed by atoms with Gasteiger partial charge in [-0.05, 0) is 44.0 Å². The third-order valence-corrected chi connectivity index (χ3v) is 4.63. The molecule has 1 aromatic heterocycles. The maximum atomic E-state index is 12.2. The molecule has 1 N–H and O–H groups in total. The Kier molecular flexibility index (Phi) is 4.26. The summed E-state index contributed by atoms with van der Waals surface area (Å²) in [5.41, 5.74) is 5.38. The van der Waals surface area contributed by atoms with Crippen molar-refractivity contribution in [3.63, 3.8) is 0 Å². The monoisotopic (exact) mass is 322 g/mol. The number of hydrogen-bond donors (Lipinski definition) is 1. The van der Waals surface area contributed by atoms with Crippen molar-refractivity contribution in [1.82, 2.24) is 4.98 Å². The van der Waals surface area contributed by atoms with Crippen molar-refractivity contribution >= 4 is 22.4 Å². The van der Waals surface area contributed by atoms with Crippen LogP contribution in [-0.4, -0.2) is 10.9 Å². The van der Waals surface area contributed by atoms with Crippen LogP contribution < -0.4 is 5.32 Å². The van der Waals surface area contributed by atoms with E-state index in [-0.39, 0.29) is 5.91 Å². The number of carbonyl (C=O) groups excluding carboxylic acids is 1. The van der Waals surface area contributed by atoms with E-state index >= 15 is 0 Å². The van der Waals surface area contributed by atoms with E-state index in [1.165, 1.54) is 22.5 Å². The van der Waals surface area contributed by atoms with Crippen LogP contribution in [0.3, 0.4) is 0 Å². The highest BCUT2D eigenvalue weighted by molar-refractivity contribution is 7.19. The second-order valence-electron chi connectivity index (χ2n) is 5.67. The SMILES string of the molecule is Cc1ccc(C(=O)Nc2ncc(-c3ccc(C)cc3C)s2)cc1. The van der Waals surface area contributed by atoms with Gasteiger partial charge in [-0.3, -0.25) is 10.1 Å². The zero-order valence-electron chi connectivity index (χ0n) is 13.4. The van der Waals surface area contributed by atoms with Gasteiger partial charge in [-0.1, -0.05) is 52.8 Å². The largest absolute Gasteiger partial charge is 0.298 e. The zero-order chi connectivity index (χ0) is 16.4. The Hall–Kier alpha value is -2.46. The number of thiazole rings is 1. The van der Waals surface area contributed by atoms with Crippen LogP contribution in [0.25, 0.3) is 10.4 Å². The summed E-state index contributed by atoms with van der Waals surface area (Å²) in [6, 6.07) is 13.8. The number of aryl methyl sites for hydroxylation is 3. The van der Waals surface area contributed by atoms with Crippen LogP contribution in [0.5, 0.6) is 0 Å². The molecule has 0 atom stereocenters. The van der Waals surface area contributed by atoms with Crippen molar-refractivity contribution in [1.29, 1.82) is 0 Å². The molecule has 23 heavy (non-hydrogen) atoms. The Bertz CT molecular complexity index is 850. The average molecular weight is 322 g/mol. The minimum absolute atomic E-state index is 0.133. The highest BCUT2D eigenvalue weighted by atomic mass is 32.1. The summed E-state index contributed by atoms with van der Waals surface area (Å²) in [6.07, 6.45) is 1.81. The molecule has 4 heteroatoms. The predicted molar refractivity (Wildman–Crippen MR) is 96.2 cm³/mol. The van der Waals surface area contributed by atoms with Crippen molar-refractivity contribution < 1.29 is 4.79 Å². The van der Waals surface area contributed by atoms with Gasteiger partial charge in [0.1, 0.15) is 0 Å². The van der Waals surface area contributed by atoms with Crippen LogP contribution in [0.15, 0.2) is 48.7 Å². The minimum Gasteiger partial charge on any atom is -0.298 e. The fourth-order valence-corrected chi connectivity index (χ4v) is 3.32. The Morgan fingerprint density at radius 2 is 1.70 bits per heavy atom. The highest BCUT2D eigenvalue weighted by Crippen LogP contribution is 2.31. The lowest BCUT2D eigenvalue weighted by Gasteiger charge is -2.04. The maximum Gasteiger partial charge on any atom is 0.257 e. The molecule has 0 unspecified atom stereocenters. The van der Waals surface area contributed by atoms with Gasteiger partial charge < -0.3 is 0 Å². The quantitative estimate of drug-likeness (QED) is 0.738. The van der Waals surface area contributed by atoms with Crippen molar-refractivity contribution in [3.8, 4) is 10.4 Å². The normalized spacial score (nSPS) is 10.6. The van der Waals surface area contributed by atoms with Crippen molar-refractivity contribution in [3.05, 3.63) is 70.9 Å². The number of rotatable bonds is 3. The molecule has 0 saturated carbocycles. The Balaban J connectivity index is 1.79. The van der Waals surface area contributed by atoms with E-state index in [1.807, 2.05) is 37.4 Å². The number of anilines is 1. The second kappa shape index (κ2) is 6.34. The summed E-state index contributed by atoms with van der Waals surface area (Å²) in [6.45, 7) is 6.17. The fourth-order valence-electron chi connectivity index (χ4n) is 2.42. The predicted octanol–water partition coefficient (Wildman–Crippen LogP) is 4.99. The molecule has 0 bridgehead atoms. The van der Waals surface area contributed by atoms with Gasteiger partial charge >= 0.3 is 0 Å². The first-order chi connectivity index (χ1) is 11.0. The van der Waals surface area contributed by atoms with E-state index in [0.717, 1.165) is 16.0 Å². The number of nitrogens with one attached hydrogen (secondary N) is 1. The van der Waals surface area contributed by atoms with Crippen molar-refractivity contribution in [2.24, 2.45) is 0 Å². The van der Waals surface area contributed by atoms with Gasteiger partial charge in [0, 0.05) is 11.8 Å². The maximum absolute atomic E-state index is 12.2. The molecule has 1 amide bonds. The van der Waals surface area contributed by atoms with E-state index < -0.39 is 0 Å². The lowest BCUT2D eigenvalue weighted by molar-refractivity contribution is 0.102. The molecule has 2 aromatic carbocycles. The number of carbonyl (C=O) groups is 1. The van der Waals surface area contributed by atoms with Gasteiger partial charge in [-0.2, -0.15) is 0 Å². The smallest absolute Gasteiger partial charge is 0.257 e. The zero-order valence-corrected chi connectivity index (χ0v) is 14.2. The summed E-state index contributed by atoms with van der Waals surface area (Å²) < 4.78 is 0. The molecule has 0 saturated heterocycles. The molecule has 0 aliphatic heterocycles. The molecule has 0 radical (unpaired) electrons. The summed E-state index contributed by atoms with van der Waals surface area (Å²) in [5, 5.41) is 3.48. The molecular weight excluding hydrogens is 304 g/mol. The molecule has 3 aromatic rings. The topological polar surface area (TPSA) is 42.0 Å². The molecule has 3 rings (SSSR count). The van der Waals surface area contributed by atoms with E-state index in [2.05, 4.69) is 42.3 Å². The minimum atomic E-state index is -0.133. The Morgan fingerprint density at radius 3 is 2.39 bits per heavy atom. The standard InChI is InChI=1S/C19H18N2OS/c1-12-4-7-15(8-5-12)18(22)21-19-20-11-17(23-19)16-9-6-13(2)10-14(16)3/h4-11H,1-3H3,(H,20,21,22). The first-order valence-corrected chi connectivity index (χ1v) is 8.26. The molecule has 0 aliphatic rings. The molecule has 3 nitrogen and oxygen atoms in total. The third-order valence-electron chi connectivity index (χ3n) is 3.69. The molecule has 0 spiro atoms. The van der Waals surface area contributed by atoms with E-state index in [0.29, 0.717) is 10.7 Å². The summed E-state index contributed by atoms with van der Waals surface area (Å²) >= 11 is 1.49. The van der Waals surface area contributed by atoms with Crippen LogP contribution in [0.1, 0.15) is 27.0 Å². The number of nitrogens with zero attached hydrogens (tertiary/aromatic N) is 1. The number of aromatic nitrogens is 1. The number of amides is 1. The van der Waals surface area contributed by atoms with Crippen LogP contribution >= 0.6 is 11.3 Å². The van der Waals surface area contributed by atoms with Crippen molar-refractivity contribution in [2.45, 2.75) is 20.8 Å². The first kappa shape index (κ1) is 15.4. The highest BCUT2D eigenvalue weighted by Gasteiger charge is 2.11. The average Bonchev–Trinajstić information content (AvgIpc) is 2.96. The molecule has 116 valence electrons. The van der Waals surface area contributed by atoms with Crippen molar-refractivity contribution in [2.75, 3.05) is 5.32 Å². The first-order valence-electron chi connectivity index (χ1n) is 7.44. The Labute approximate surface area is 140 Å². The van der Waals surface area contributed by atoms with Gasteiger partial charge in [0.25, 0.3) is 5.91 Å². The van der Waals surface area contributed by atoms with E-state index in [9.17, 15) is 4.79 Å². The van der Waals surface area contributed by atoms with Crippen LogP contribution in [0.4, 0.5) is 5.13 Å². The van der Waals surface area contributed by atoms with E-state index in [1.54, 1.807) is 0 Å².